The predicted molar refractivity (Wildman–Crippen MR) is 136 cm³/mol. The van der Waals surface area contributed by atoms with Gasteiger partial charge in [-0.05, 0) is 69.2 Å². The van der Waals surface area contributed by atoms with Gasteiger partial charge >= 0.3 is 0 Å². The van der Waals surface area contributed by atoms with E-state index in [1.165, 1.54) is 11.1 Å². The number of anilines is 2. The lowest BCUT2D eigenvalue weighted by molar-refractivity contribution is -0.111. The van der Waals surface area contributed by atoms with Crippen molar-refractivity contribution < 1.29 is 4.79 Å². The number of amides is 1. The van der Waals surface area contributed by atoms with Crippen LogP contribution in [0.2, 0.25) is 0 Å². The highest BCUT2D eigenvalue weighted by molar-refractivity contribution is 6.09. The van der Waals surface area contributed by atoms with Crippen molar-refractivity contribution in [2.45, 2.75) is 46.1 Å². The third-order valence-electron chi connectivity index (χ3n) is 6.19. The van der Waals surface area contributed by atoms with E-state index in [1.54, 1.807) is 6.92 Å². The fourth-order valence-corrected chi connectivity index (χ4v) is 4.61. The molecule has 6 heteroatoms. The summed E-state index contributed by atoms with van der Waals surface area (Å²) < 4.78 is 2.07. The van der Waals surface area contributed by atoms with Gasteiger partial charge in [-0.2, -0.15) is 4.98 Å². The number of aromatic nitrogens is 3. The zero-order valence-electron chi connectivity index (χ0n) is 19.5. The number of benzene rings is 2. The smallest absolute Gasteiger partial charge is 0.300 e. The van der Waals surface area contributed by atoms with Gasteiger partial charge in [0.25, 0.3) is 5.91 Å². The van der Waals surface area contributed by atoms with E-state index in [4.69, 9.17) is 9.97 Å². The average Bonchev–Trinajstić information content (AvgIpc) is 3.20. The molecule has 2 aromatic carbocycles. The summed E-state index contributed by atoms with van der Waals surface area (Å²) in [5.41, 5.74) is 6.24. The second-order valence-electron chi connectivity index (χ2n) is 8.53. The van der Waals surface area contributed by atoms with Crippen LogP contribution in [0, 0.1) is 18.8 Å². The Hall–Kier alpha value is -4.11. The molecule has 0 unspecified atom stereocenters. The predicted octanol–water partition coefficient (Wildman–Crippen LogP) is 5.18. The van der Waals surface area contributed by atoms with Gasteiger partial charge in [-0.15, -0.1) is 0 Å². The summed E-state index contributed by atoms with van der Waals surface area (Å²) in [7, 11) is 0. The first-order valence-corrected chi connectivity index (χ1v) is 11.7. The molecule has 34 heavy (non-hydrogen) atoms. The average molecular weight is 450 g/mol. The summed E-state index contributed by atoms with van der Waals surface area (Å²) in [6, 6.07) is 18.3. The van der Waals surface area contributed by atoms with Crippen molar-refractivity contribution in [1.82, 2.24) is 14.5 Å². The molecule has 0 spiro atoms. The van der Waals surface area contributed by atoms with Gasteiger partial charge in [0.15, 0.2) is 0 Å². The zero-order valence-corrected chi connectivity index (χ0v) is 19.5. The number of carbonyl (C=O) groups is 1. The Kier molecular flexibility index (Phi) is 6.01. The van der Waals surface area contributed by atoms with Crippen LogP contribution in [0.3, 0.4) is 0 Å². The Morgan fingerprint density at radius 3 is 2.71 bits per heavy atom. The third kappa shape index (κ3) is 4.25. The molecule has 0 radical (unpaired) electrons. The molecule has 1 aliphatic rings. The van der Waals surface area contributed by atoms with E-state index in [9.17, 15) is 4.79 Å². The fraction of sp³-hybridized carbons (Fsp3) is 0.250. The van der Waals surface area contributed by atoms with Crippen LogP contribution in [0.4, 0.5) is 11.5 Å². The molecule has 0 saturated heterocycles. The van der Waals surface area contributed by atoms with Crippen LogP contribution in [0.5, 0.6) is 0 Å². The highest BCUT2D eigenvalue weighted by Gasteiger charge is 2.21. The first-order chi connectivity index (χ1) is 16.6. The van der Waals surface area contributed by atoms with E-state index in [2.05, 4.69) is 57.4 Å². The first-order valence-electron chi connectivity index (χ1n) is 11.7. The SMILES string of the molecule is CC#CC(=O)Nc1cccc2c1cc(C)n2-c1nc2c(c(NCc3ccccc3)n1)CCCC2. The van der Waals surface area contributed by atoms with Crippen LogP contribution in [0.15, 0.2) is 54.6 Å². The monoisotopic (exact) mass is 449 g/mol. The van der Waals surface area contributed by atoms with Crippen molar-refractivity contribution in [3.63, 3.8) is 0 Å². The molecule has 0 atom stereocenters. The van der Waals surface area contributed by atoms with Crippen molar-refractivity contribution >= 4 is 28.3 Å². The normalized spacial score (nSPS) is 12.5. The number of nitrogens with zero attached hydrogens (tertiary/aromatic N) is 3. The minimum Gasteiger partial charge on any atom is -0.366 e. The molecule has 1 amide bonds. The van der Waals surface area contributed by atoms with Crippen LogP contribution in [0.1, 0.15) is 42.3 Å². The lowest BCUT2D eigenvalue weighted by Gasteiger charge is -2.21. The summed E-state index contributed by atoms with van der Waals surface area (Å²) in [6.07, 6.45) is 4.25. The lowest BCUT2D eigenvalue weighted by atomic mass is 9.96. The fourth-order valence-electron chi connectivity index (χ4n) is 4.61. The van der Waals surface area contributed by atoms with Gasteiger partial charge in [-0.25, -0.2) is 4.98 Å². The summed E-state index contributed by atoms with van der Waals surface area (Å²) in [6.45, 7) is 4.40. The molecule has 4 aromatic rings. The molecular formula is C28H27N5O. The van der Waals surface area contributed by atoms with Crippen LogP contribution < -0.4 is 10.6 Å². The van der Waals surface area contributed by atoms with E-state index in [0.717, 1.165) is 59.5 Å². The van der Waals surface area contributed by atoms with E-state index < -0.39 is 0 Å². The maximum absolute atomic E-state index is 12.1. The topological polar surface area (TPSA) is 71.8 Å². The van der Waals surface area contributed by atoms with Gasteiger partial charge in [0.1, 0.15) is 5.82 Å². The number of rotatable bonds is 5. The summed E-state index contributed by atoms with van der Waals surface area (Å²) in [4.78, 5) is 22.1. The van der Waals surface area contributed by atoms with Crippen molar-refractivity contribution in [3.05, 3.63) is 77.1 Å². The molecule has 0 fully saturated rings. The summed E-state index contributed by atoms with van der Waals surface area (Å²) in [5, 5.41) is 7.41. The Balaban J connectivity index is 1.58. The Bertz CT molecular complexity index is 1430. The van der Waals surface area contributed by atoms with Crippen LogP contribution in [0.25, 0.3) is 16.9 Å². The minimum absolute atomic E-state index is 0.321. The highest BCUT2D eigenvalue weighted by atomic mass is 16.1. The van der Waals surface area contributed by atoms with Gasteiger partial charge in [0.05, 0.1) is 16.9 Å². The van der Waals surface area contributed by atoms with E-state index in [0.29, 0.717) is 12.5 Å². The first kappa shape index (κ1) is 21.7. The van der Waals surface area contributed by atoms with Crippen molar-refractivity contribution in [1.29, 1.82) is 0 Å². The number of hydrogen-bond acceptors (Lipinski definition) is 4. The van der Waals surface area contributed by atoms with E-state index in [1.807, 2.05) is 31.2 Å². The number of hydrogen-bond donors (Lipinski definition) is 2. The van der Waals surface area contributed by atoms with Gasteiger partial charge < -0.3 is 10.6 Å². The lowest BCUT2D eigenvalue weighted by Crippen LogP contribution is -2.16. The van der Waals surface area contributed by atoms with Gasteiger partial charge in [-0.1, -0.05) is 42.3 Å². The largest absolute Gasteiger partial charge is 0.366 e. The zero-order chi connectivity index (χ0) is 23.5. The maximum atomic E-state index is 12.1. The number of carbonyl (C=O) groups excluding carboxylic acids is 1. The summed E-state index contributed by atoms with van der Waals surface area (Å²) >= 11 is 0. The Labute approximate surface area is 199 Å². The standard InChI is InChI=1S/C28H27N5O/c1-3-10-26(34)30-24-15-9-16-25-22(24)17-19(2)33(25)28-31-23-14-8-7-13-21(23)27(32-28)29-18-20-11-5-4-6-12-20/h4-6,9,11-12,15-17H,7-8,13-14,18H2,1-2H3,(H,30,34)(H,29,31,32). The molecule has 0 saturated carbocycles. The van der Waals surface area contributed by atoms with E-state index >= 15 is 0 Å². The Morgan fingerprint density at radius 2 is 1.88 bits per heavy atom. The molecule has 0 aliphatic heterocycles. The second-order valence-corrected chi connectivity index (χ2v) is 8.53. The molecule has 2 heterocycles. The van der Waals surface area contributed by atoms with Crippen LogP contribution in [-0.2, 0) is 24.2 Å². The number of nitrogens with one attached hydrogen (secondary N) is 2. The second kappa shape index (κ2) is 9.40. The molecule has 2 N–H and O–H groups in total. The number of fused-ring (bicyclic) bond motifs is 2. The third-order valence-corrected chi connectivity index (χ3v) is 6.19. The molecule has 2 aromatic heterocycles. The van der Waals surface area contributed by atoms with Crippen molar-refractivity contribution in [3.8, 4) is 17.8 Å². The van der Waals surface area contributed by atoms with Gasteiger partial charge in [-0.3, -0.25) is 9.36 Å². The molecule has 6 nitrogen and oxygen atoms in total. The molecule has 170 valence electrons. The molecule has 0 bridgehead atoms. The Morgan fingerprint density at radius 1 is 1.06 bits per heavy atom. The van der Waals surface area contributed by atoms with Crippen molar-refractivity contribution in [2.75, 3.05) is 10.6 Å². The number of aryl methyl sites for hydroxylation is 2. The quantitative estimate of drug-likeness (QED) is 0.412. The van der Waals surface area contributed by atoms with E-state index in [-0.39, 0.29) is 5.91 Å². The molecule has 1 aliphatic carbocycles. The van der Waals surface area contributed by atoms with Gasteiger partial charge in [0, 0.05) is 23.2 Å². The molecule has 5 rings (SSSR count). The summed E-state index contributed by atoms with van der Waals surface area (Å²) in [5.74, 6) is 6.43. The minimum atomic E-state index is -0.321. The van der Waals surface area contributed by atoms with Crippen LogP contribution >= 0.6 is 0 Å². The van der Waals surface area contributed by atoms with Crippen molar-refractivity contribution in [2.24, 2.45) is 0 Å². The highest BCUT2D eigenvalue weighted by Crippen LogP contribution is 2.31. The molecular weight excluding hydrogens is 422 g/mol. The van der Waals surface area contributed by atoms with Gasteiger partial charge in [0.2, 0.25) is 5.95 Å². The maximum Gasteiger partial charge on any atom is 0.300 e. The van der Waals surface area contributed by atoms with Crippen LogP contribution in [-0.4, -0.2) is 20.4 Å².